The first-order valence-corrected chi connectivity index (χ1v) is 9.76. The smallest absolute Gasteiger partial charge is 0.856 e. The molecule has 0 unspecified atom stereocenters. The minimum atomic E-state index is -0.661. The van der Waals surface area contributed by atoms with Crippen molar-refractivity contribution >= 4 is 34.7 Å². The number of carbonyl (C=O) groups excluding carboxylic acids is 2. The number of carbonyl (C=O) groups is 2. The Bertz CT molecular complexity index is 1120. The van der Waals surface area contributed by atoms with Crippen LogP contribution in [0.25, 0.3) is 0 Å². The molecule has 5 rings (SSSR count). The summed E-state index contributed by atoms with van der Waals surface area (Å²) in [6, 6.07) is 24.6. The molecule has 0 saturated carbocycles. The van der Waals surface area contributed by atoms with Crippen LogP contribution in [-0.2, 0) is 28.9 Å². The zero-order valence-corrected chi connectivity index (χ0v) is 20.1. The Hall–Kier alpha value is -3.36. The molecule has 0 saturated heterocycles. The first-order chi connectivity index (χ1) is 15.4. The van der Waals surface area contributed by atoms with Crippen molar-refractivity contribution in [2.75, 3.05) is 14.1 Å². The Balaban J connectivity index is 0.000000173. The van der Waals surface area contributed by atoms with Crippen molar-refractivity contribution in [2.24, 2.45) is 9.98 Å². The Morgan fingerprint density at radius 1 is 0.758 bits per heavy atom. The predicted molar refractivity (Wildman–Crippen MR) is 118 cm³/mol. The van der Waals surface area contributed by atoms with Gasteiger partial charge in [-0.05, 0) is 38.4 Å². The number of para-hydroxylation sites is 2. The molecule has 3 aromatic rings. The van der Waals surface area contributed by atoms with E-state index in [1.165, 1.54) is 5.56 Å². The van der Waals surface area contributed by atoms with Crippen molar-refractivity contribution in [1.82, 2.24) is 4.90 Å². The molecular weight excluding hydrogens is 603 g/mol. The molecule has 0 bridgehead atoms. The van der Waals surface area contributed by atoms with Gasteiger partial charge in [-0.15, -0.1) is 5.56 Å². The largest absolute Gasteiger partial charge is 3.00 e. The van der Waals surface area contributed by atoms with E-state index in [9.17, 15) is 19.8 Å². The summed E-state index contributed by atoms with van der Waals surface area (Å²) >= 11 is 0. The molecule has 33 heavy (non-hydrogen) atoms. The van der Waals surface area contributed by atoms with Gasteiger partial charge in [0, 0.05) is 29.5 Å². The van der Waals surface area contributed by atoms with Crippen molar-refractivity contribution in [3.05, 3.63) is 95.6 Å². The van der Waals surface area contributed by atoms with Crippen LogP contribution in [-0.4, -0.2) is 42.4 Å². The monoisotopic (exact) mass is 623 g/mol. The molecule has 0 fully saturated rings. The van der Waals surface area contributed by atoms with Crippen molar-refractivity contribution in [3.8, 4) is 0 Å². The molecule has 0 aromatic heterocycles. The molecule has 3 aromatic carbocycles. The van der Waals surface area contributed by atoms with Crippen LogP contribution in [0.1, 0.15) is 26.3 Å². The minimum Gasteiger partial charge on any atom is -0.856 e. The van der Waals surface area contributed by atoms with Gasteiger partial charge in [-0.25, -0.2) is 0 Å². The van der Waals surface area contributed by atoms with Gasteiger partial charge in [-0.3, -0.25) is 19.6 Å². The summed E-state index contributed by atoms with van der Waals surface area (Å²) in [5.74, 6) is -2.32. The molecule has 0 spiro atoms. The first kappa shape index (κ1) is 25.9. The number of fused-ring (bicyclic) bond motifs is 2. The molecular formula is C25H20AuN3O4. The van der Waals surface area contributed by atoms with E-state index in [-0.39, 0.29) is 22.4 Å². The van der Waals surface area contributed by atoms with Gasteiger partial charge >= 0.3 is 22.4 Å². The third kappa shape index (κ3) is 6.81. The predicted octanol–water partition coefficient (Wildman–Crippen LogP) is 2.09. The molecule has 0 amide bonds. The standard InChI is InChI=1S/C9H12N.2C8H5NO2.Au/c1-10(2)8-9-6-4-3-5-7-9;2*10-7-5-3-1-2-4-6(5)9-8(7)11;/h3-6H,8H2,1-2H3;2*1-4H,(H,9,10,11);/q-1;;;+3/p-2. The zero-order valence-electron chi connectivity index (χ0n) is 17.9. The van der Waals surface area contributed by atoms with Crippen molar-refractivity contribution in [2.45, 2.75) is 6.54 Å². The van der Waals surface area contributed by atoms with Crippen LogP contribution in [0.5, 0.6) is 0 Å². The van der Waals surface area contributed by atoms with Gasteiger partial charge in [0.1, 0.15) is 0 Å². The molecule has 0 N–H and O–H groups in total. The van der Waals surface area contributed by atoms with E-state index in [4.69, 9.17) is 0 Å². The van der Waals surface area contributed by atoms with Crippen molar-refractivity contribution in [1.29, 1.82) is 0 Å². The van der Waals surface area contributed by atoms with Gasteiger partial charge in [0.2, 0.25) is 0 Å². The van der Waals surface area contributed by atoms with Crippen LogP contribution >= 0.6 is 0 Å². The number of benzene rings is 3. The fraction of sp³-hybridized carbons (Fsp3) is 0.120. The van der Waals surface area contributed by atoms with Crippen molar-refractivity contribution in [3.63, 3.8) is 0 Å². The van der Waals surface area contributed by atoms with Crippen LogP contribution in [0.3, 0.4) is 0 Å². The SMILES string of the molecule is CN(C)Cc1[c-]cccc1.O=C1C([O-])=Nc2ccccc21.O=C1C([O-])=Nc2ccccc21.[Au+3]. The van der Waals surface area contributed by atoms with Gasteiger partial charge in [0.05, 0.1) is 11.4 Å². The maximum atomic E-state index is 11.0. The van der Waals surface area contributed by atoms with Gasteiger partial charge < -0.3 is 15.1 Å². The summed E-state index contributed by atoms with van der Waals surface area (Å²) in [5, 5.41) is 21.4. The third-order valence-corrected chi connectivity index (χ3v) is 4.39. The summed E-state index contributed by atoms with van der Waals surface area (Å²) in [6.45, 7) is 0.973. The number of aliphatic imine (C=N–C) groups is 2. The molecule has 170 valence electrons. The normalized spacial score (nSPS) is 12.8. The maximum Gasteiger partial charge on any atom is 3.00 e. The Kier molecular flexibility index (Phi) is 9.44. The quantitative estimate of drug-likeness (QED) is 0.321. The third-order valence-electron chi connectivity index (χ3n) is 4.39. The first-order valence-electron chi connectivity index (χ1n) is 9.76. The van der Waals surface area contributed by atoms with Crippen LogP contribution in [0.2, 0.25) is 0 Å². The average Bonchev–Trinajstić information content (AvgIpc) is 3.24. The van der Waals surface area contributed by atoms with E-state index in [2.05, 4.69) is 41.1 Å². The van der Waals surface area contributed by atoms with Crippen molar-refractivity contribution < 1.29 is 42.2 Å². The van der Waals surface area contributed by atoms with Gasteiger partial charge in [0.25, 0.3) is 0 Å². The van der Waals surface area contributed by atoms with Crippen LogP contribution in [0.4, 0.5) is 11.4 Å². The van der Waals surface area contributed by atoms with E-state index >= 15 is 0 Å². The summed E-state index contributed by atoms with van der Waals surface area (Å²) in [5.41, 5.74) is 3.05. The number of rotatable bonds is 2. The Labute approximate surface area is 207 Å². The number of hydrogen-bond donors (Lipinski definition) is 0. The number of Topliss-reactive ketones (excluding diaryl/α,β-unsaturated/α-hetero) is 2. The molecule has 0 radical (unpaired) electrons. The molecule has 2 aliphatic heterocycles. The number of hydrogen-bond acceptors (Lipinski definition) is 7. The van der Waals surface area contributed by atoms with Crippen LogP contribution in [0, 0.1) is 6.07 Å². The summed E-state index contributed by atoms with van der Waals surface area (Å²) in [6.07, 6.45) is 0. The number of ketones is 2. The minimum absolute atomic E-state index is 0. The molecule has 0 aliphatic carbocycles. The second-order valence-corrected chi connectivity index (χ2v) is 7.15. The van der Waals surface area contributed by atoms with Crippen LogP contribution in [0.15, 0.2) is 82.8 Å². The summed E-state index contributed by atoms with van der Waals surface area (Å²) < 4.78 is 0. The average molecular weight is 623 g/mol. The van der Waals surface area contributed by atoms with E-state index in [0.29, 0.717) is 22.5 Å². The fourth-order valence-corrected chi connectivity index (χ4v) is 2.95. The molecule has 8 heteroatoms. The van der Waals surface area contributed by atoms with E-state index in [0.717, 1.165) is 6.54 Å². The summed E-state index contributed by atoms with van der Waals surface area (Å²) in [7, 11) is 4.11. The van der Waals surface area contributed by atoms with E-state index in [1.807, 2.05) is 18.2 Å². The topological polar surface area (TPSA) is 108 Å². The molecule has 0 atom stereocenters. The van der Waals surface area contributed by atoms with Gasteiger partial charge in [-0.1, -0.05) is 24.3 Å². The second-order valence-electron chi connectivity index (χ2n) is 7.15. The van der Waals surface area contributed by atoms with Gasteiger partial charge in [0.15, 0.2) is 11.6 Å². The van der Waals surface area contributed by atoms with Gasteiger partial charge in [-0.2, -0.15) is 30.3 Å². The second kappa shape index (κ2) is 12.0. The fourth-order valence-electron chi connectivity index (χ4n) is 2.95. The van der Waals surface area contributed by atoms with Crippen LogP contribution < -0.4 is 10.2 Å². The number of nitrogens with zero attached hydrogens (tertiary/aromatic N) is 3. The molecule has 2 heterocycles. The Morgan fingerprint density at radius 3 is 1.61 bits per heavy atom. The van der Waals surface area contributed by atoms with E-state index in [1.54, 1.807) is 48.5 Å². The molecule has 2 aliphatic rings. The summed E-state index contributed by atoms with van der Waals surface area (Å²) in [4.78, 5) is 31.1. The molecule has 7 nitrogen and oxygen atoms in total. The maximum absolute atomic E-state index is 11.0. The van der Waals surface area contributed by atoms with E-state index < -0.39 is 23.4 Å². The zero-order chi connectivity index (χ0) is 23.1. The Morgan fingerprint density at radius 2 is 1.21 bits per heavy atom.